The van der Waals surface area contributed by atoms with Gasteiger partial charge in [0.1, 0.15) is 13.2 Å². The molecule has 0 unspecified atom stereocenters. The summed E-state index contributed by atoms with van der Waals surface area (Å²) in [5, 5.41) is 0. The maximum atomic E-state index is 12.6. The number of ether oxygens (including phenoxy) is 3. The molecule has 0 aromatic rings. The molecule has 0 aliphatic heterocycles. The summed E-state index contributed by atoms with van der Waals surface area (Å²) in [4.78, 5) is 37.4. The van der Waals surface area contributed by atoms with Crippen LogP contribution in [0.3, 0.4) is 0 Å². The van der Waals surface area contributed by atoms with Crippen LogP contribution >= 0.6 is 0 Å². The molecule has 0 aromatic carbocycles. The Morgan fingerprint density at radius 3 is 0.942 bits per heavy atom. The van der Waals surface area contributed by atoms with Crippen molar-refractivity contribution in [3.8, 4) is 0 Å². The molecule has 0 aromatic heterocycles. The van der Waals surface area contributed by atoms with Gasteiger partial charge in [-0.1, -0.05) is 214 Å². The van der Waals surface area contributed by atoms with E-state index in [-0.39, 0.29) is 31.1 Å². The molecular weight excluding hydrogens is 648 g/mol. The highest BCUT2D eigenvalue weighted by molar-refractivity contribution is 5.71. The number of hydrogen-bond acceptors (Lipinski definition) is 6. The highest BCUT2D eigenvalue weighted by Gasteiger charge is 2.19. The Morgan fingerprint density at radius 1 is 0.365 bits per heavy atom. The van der Waals surface area contributed by atoms with E-state index in [4.69, 9.17) is 14.2 Å². The third-order valence-electron chi connectivity index (χ3n) is 10.3. The summed E-state index contributed by atoms with van der Waals surface area (Å²) in [5.74, 6) is -0.0631. The maximum Gasteiger partial charge on any atom is 0.306 e. The number of esters is 3. The minimum atomic E-state index is -0.758. The topological polar surface area (TPSA) is 78.9 Å². The van der Waals surface area contributed by atoms with Crippen molar-refractivity contribution in [2.24, 2.45) is 5.92 Å². The van der Waals surface area contributed by atoms with Crippen molar-refractivity contribution in [2.45, 2.75) is 259 Å². The Bertz CT molecular complexity index is 781. The molecule has 0 aliphatic rings. The van der Waals surface area contributed by atoms with Gasteiger partial charge in [0.25, 0.3) is 0 Å². The summed E-state index contributed by atoms with van der Waals surface area (Å²) >= 11 is 0. The maximum absolute atomic E-state index is 12.6. The van der Waals surface area contributed by atoms with Crippen LogP contribution < -0.4 is 0 Å². The Balaban J connectivity index is 4.14. The van der Waals surface area contributed by atoms with Gasteiger partial charge in [-0.05, 0) is 25.2 Å². The molecule has 0 rings (SSSR count). The van der Waals surface area contributed by atoms with E-state index in [9.17, 15) is 14.4 Å². The quantitative estimate of drug-likeness (QED) is 0.0353. The lowest BCUT2D eigenvalue weighted by molar-refractivity contribution is -0.167. The molecule has 0 amide bonds. The van der Waals surface area contributed by atoms with E-state index in [1.165, 1.54) is 141 Å². The summed E-state index contributed by atoms with van der Waals surface area (Å²) in [7, 11) is 0. The number of carbonyl (C=O) groups is 3. The summed E-state index contributed by atoms with van der Waals surface area (Å²) in [6, 6.07) is 0. The Morgan fingerprint density at radius 2 is 0.635 bits per heavy atom. The number of rotatable bonds is 41. The molecule has 0 radical (unpaired) electrons. The largest absolute Gasteiger partial charge is 0.462 e. The first-order valence-corrected chi connectivity index (χ1v) is 22.9. The van der Waals surface area contributed by atoms with Gasteiger partial charge in [-0.3, -0.25) is 14.4 Å². The second-order valence-electron chi connectivity index (χ2n) is 16.2. The van der Waals surface area contributed by atoms with Gasteiger partial charge in [0.05, 0.1) is 0 Å². The van der Waals surface area contributed by atoms with Gasteiger partial charge in [0, 0.05) is 19.3 Å². The first kappa shape index (κ1) is 50.4. The van der Waals surface area contributed by atoms with Crippen molar-refractivity contribution in [2.75, 3.05) is 13.2 Å². The molecule has 1 atom stereocenters. The molecule has 0 fully saturated rings. The average molecular weight is 737 g/mol. The van der Waals surface area contributed by atoms with E-state index < -0.39 is 6.10 Å². The highest BCUT2D eigenvalue weighted by Crippen LogP contribution is 2.16. The predicted molar refractivity (Wildman–Crippen MR) is 220 cm³/mol. The van der Waals surface area contributed by atoms with Crippen LogP contribution in [-0.2, 0) is 28.6 Å². The second-order valence-corrected chi connectivity index (χ2v) is 16.2. The van der Waals surface area contributed by atoms with Crippen LogP contribution in [0.15, 0.2) is 0 Å². The van der Waals surface area contributed by atoms with E-state index >= 15 is 0 Å². The van der Waals surface area contributed by atoms with Crippen LogP contribution in [0.2, 0.25) is 0 Å². The van der Waals surface area contributed by atoms with Crippen molar-refractivity contribution in [3.63, 3.8) is 0 Å². The van der Waals surface area contributed by atoms with Crippen molar-refractivity contribution in [1.82, 2.24) is 0 Å². The first-order valence-electron chi connectivity index (χ1n) is 22.9. The summed E-state index contributed by atoms with van der Waals surface area (Å²) in [6.45, 7) is 8.90. The third-order valence-corrected chi connectivity index (χ3v) is 10.3. The molecule has 0 heterocycles. The lowest BCUT2D eigenvalue weighted by Crippen LogP contribution is -2.30. The van der Waals surface area contributed by atoms with Crippen molar-refractivity contribution in [1.29, 1.82) is 0 Å². The molecule has 6 heteroatoms. The fraction of sp³-hybridized carbons (Fsp3) is 0.935. The molecule has 0 saturated heterocycles. The van der Waals surface area contributed by atoms with Crippen LogP contribution in [0.4, 0.5) is 0 Å². The second kappa shape index (κ2) is 40.6. The average Bonchev–Trinajstić information content (AvgIpc) is 3.12. The van der Waals surface area contributed by atoms with E-state index in [0.29, 0.717) is 19.3 Å². The van der Waals surface area contributed by atoms with Crippen LogP contribution in [0, 0.1) is 5.92 Å². The van der Waals surface area contributed by atoms with E-state index in [0.717, 1.165) is 70.1 Å². The predicted octanol–water partition coefficient (Wildman–Crippen LogP) is 14.3. The fourth-order valence-electron chi connectivity index (χ4n) is 6.80. The van der Waals surface area contributed by atoms with Crippen molar-refractivity contribution < 1.29 is 28.6 Å². The van der Waals surface area contributed by atoms with Crippen LogP contribution in [0.25, 0.3) is 0 Å². The van der Waals surface area contributed by atoms with Crippen LogP contribution in [0.5, 0.6) is 0 Å². The van der Waals surface area contributed by atoms with Gasteiger partial charge in [0.2, 0.25) is 0 Å². The molecular formula is C46H88O6. The summed E-state index contributed by atoms with van der Waals surface area (Å²) in [5.41, 5.74) is 0. The molecule has 0 bridgehead atoms. The number of carbonyl (C=O) groups excluding carboxylic acids is 3. The molecule has 52 heavy (non-hydrogen) atoms. The third kappa shape index (κ3) is 39.6. The van der Waals surface area contributed by atoms with Gasteiger partial charge < -0.3 is 14.2 Å². The van der Waals surface area contributed by atoms with Gasteiger partial charge in [-0.2, -0.15) is 0 Å². The van der Waals surface area contributed by atoms with Gasteiger partial charge >= 0.3 is 17.9 Å². The van der Waals surface area contributed by atoms with Gasteiger partial charge in [-0.25, -0.2) is 0 Å². The number of hydrogen-bond donors (Lipinski definition) is 0. The number of unbranched alkanes of at least 4 members (excludes halogenated alkanes) is 28. The summed E-state index contributed by atoms with van der Waals surface area (Å²) in [6.07, 6.45) is 39.8. The lowest BCUT2D eigenvalue weighted by Gasteiger charge is -2.18. The zero-order valence-corrected chi connectivity index (χ0v) is 35.3. The van der Waals surface area contributed by atoms with E-state index in [1.807, 2.05) is 0 Å². The Kier molecular flexibility index (Phi) is 39.4. The molecule has 6 nitrogen and oxygen atoms in total. The standard InChI is InChI=1S/C46H88O6/c1-5-7-9-11-12-13-14-15-16-17-18-19-20-23-26-30-34-38-45(48)51-41-43(40-50-44(47)37-33-28-10-8-6-2)52-46(49)39-35-31-27-24-21-22-25-29-32-36-42(3)4/h42-43H,5-41H2,1-4H3/t43-/m0/s1. The fourth-order valence-corrected chi connectivity index (χ4v) is 6.80. The first-order chi connectivity index (χ1) is 25.4. The Hall–Kier alpha value is -1.59. The Labute approximate surface area is 323 Å². The smallest absolute Gasteiger partial charge is 0.306 e. The summed E-state index contributed by atoms with van der Waals surface area (Å²) < 4.78 is 16.6. The van der Waals surface area contributed by atoms with Crippen LogP contribution in [0.1, 0.15) is 252 Å². The van der Waals surface area contributed by atoms with Crippen molar-refractivity contribution >= 4 is 17.9 Å². The molecule has 0 aliphatic carbocycles. The molecule has 308 valence electrons. The monoisotopic (exact) mass is 737 g/mol. The van der Waals surface area contributed by atoms with Crippen molar-refractivity contribution in [3.05, 3.63) is 0 Å². The van der Waals surface area contributed by atoms with Gasteiger partial charge in [-0.15, -0.1) is 0 Å². The zero-order valence-electron chi connectivity index (χ0n) is 35.3. The zero-order chi connectivity index (χ0) is 38.2. The SMILES string of the molecule is CCCCCCCCCCCCCCCCCCCC(=O)OC[C@H](COC(=O)CCCCCCC)OC(=O)CCCCCCCCCCCC(C)C. The normalized spacial score (nSPS) is 11.9. The van der Waals surface area contributed by atoms with Crippen LogP contribution in [-0.4, -0.2) is 37.2 Å². The van der Waals surface area contributed by atoms with Gasteiger partial charge in [0.15, 0.2) is 6.10 Å². The minimum absolute atomic E-state index is 0.0650. The van der Waals surface area contributed by atoms with E-state index in [1.54, 1.807) is 0 Å². The molecule has 0 saturated carbocycles. The van der Waals surface area contributed by atoms with E-state index in [2.05, 4.69) is 27.7 Å². The minimum Gasteiger partial charge on any atom is -0.462 e. The molecule has 0 spiro atoms. The highest BCUT2D eigenvalue weighted by atomic mass is 16.6. The lowest BCUT2D eigenvalue weighted by atomic mass is 10.0. The molecule has 0 N–H and O–H groups in total.